The molecule has 0 amide bonds. The monoisotopic (exact) mass is 330 g/mol. The van der Waals surface area contributed by atoms with Gasteiger partial charge in [-0.05, 0) is 91.8 Å². The Morgan fingerprint density at radius 2 is 1.54 bits per heavy atom. The highest BCUT2D eigenvalue weighted by molar-refractivity contribution is 5.08. The number of hydrogen-bond donors (Lipinski definition) is 0. The van der Waals surface area contributed by atoms with Crippen LogP contribution in [0, 0.1) is 40.4 Å². The van der Waals surface area contributed by atoms with Crippen molar-refractivity contribution in [3.8, 4) is 0 Å². The third kappa shape index (κ3) is 2.71. The minimum absolute atomic E-state index is 0.717. The zero-order chi connectivity index (χ0) is 17.4. The molecule has 7 atom stereocenters. The highest BCUT2D eigenvalue weighted by atomic mass is 14.6. The normalized spacial score (nSPS) is 50.0. The van der Waals surface area contributed by atoms with Gasteiger partial charge in [0, 0.05) is 0 Å². The van der Waals surface area contributed by atoms with E-state index in [-0.39, 0.29) is 0 Å². The summed E-state index contributed by atoms with van der Waals surface area (Å²) in [5.41, 5.74) is 1.44. The van der Waals surface area contributed by atoms with Crippen molar-refractivity contribution in [3.63, 3.8) is 0 Å². The highest BCUT2D eigenvalue weighted by Gasteiger charge is 2.59. The Hall–Kier alpha value is -0.260. The van der Waals surface area contributed by atoms with Crippen LogP contribution in [-0.2, 0) is 0 Å². The smallest absolute Gasteiger partial charge is 0.0266 e. The molecule has 4 rings (SSSR count). The first-order valence-corrected chi connectivity index (χ1v) is 11.1. The molecule has 4 fully saturated rings. The quantitative estimate of drug-likeness (QED) is 0.456. The van der Waals surface area contributed by atoms with Crippen LogP contribution in [0.2, 0.25) is 0 Å². The zero-order valence-corrected chi connectivity index (χ0v) is 16.8. The fourth-order valence-electron chi connectivity index (χ4n) is 8.23. The second kappa shape index (κ2) is 7.16. The zero-order valence-electron chi connectivity index (χ0n) is 16.8. The van der Waals surface area contributed by atoms with Gasteiger partial charge in [-0.15, -0.1) is 13.2 Å². The van der Waals surface area contributed by atoms with Crippen molar-refractivity contribution in [2.45, 2.75) is 97.8 Å². The Labute approximate surface area is 151 Å². The van der Waals surface area contributed by atoms with Gasteiger partial charge in [-0.2, -0.15) is 0 Å². The van der Waals surface area contributed by atoms with Gasteiger partial charge in [0.25, 0.3) is 0 Å². The summed E-state index contributed by atoms with van der Waals surface area (Å²) in [6.45, 7) is 13.8. The molecule has 0 aromatic rings. The van der Waals surface area contributed by atoms with Gasteiger partial charge in [0.15, 0.2) is 0 Å². The van der Waals surface area contributed by atoms with E-state index in [0.717, 1.165) is 40.4 Å². The fraction of sp³-hybridized carbons (Fsp3) is 0.917. The summed E-state index contributed by atoms with van der Waals surface area (Å²) in [4.78, 5) is 0. The minimum Gasteiger partial charge on any atom is -0.106 e. The van der Waals surface area contributed by atoms with Crippen LogP contribution in [-0.4, -0.2) is 0 Å². The molecule has 0 aromatic carbocycles. The van der Waals surface area contributed by atoms with E-state index < -0.39 is 0 Å². The fourth-order valence-corrected chi connectivity index (χ4v) is 8.23. The van der Waals surface area contributed by atoms with Crippen LogP contribution in [0.3, 0.4) is 0 Å². The molecule has 138 valence electrons. The summed E-state index contributed by atoms with van der Waals surface area (Å²) < 4.78 is 0. The van der Waals surface area contributed by atoms with Gasteiger partial charge >= 0.3 is 0 Å². The van der Waals surface area contributed by atoms with Gasteiger partial charge in [-0.1, -0.05) is 46.5 Å². The Bertz CT molecular complexity index is 426. The lowest BCUT2D eigenvalue weighted by molar-refractivity contribution is -0.111. The second-order valence-electron chi connectivity index (χ2n) is 10.0. The Morgan fingerprint density at radius 3 is 2.29 bits per heavy atom. The first-order chi connectivity index (χ1) is 11.6. The lowest BCUT2D eigenvalue weighted by Gasteiger charge is -2.60. The molecule has 0 nitrogen and oxygen atoms in total. The van der Waals surface area contributed by atoms with Crippen LogP contribution in [0.15, 0.2) is 13.2 Å². The molecule has 0 bridgehead atoms. The van der Waals surface area contributed by atoms with Crippen LogP contribution in [0.25, 0.3) is 0 Å². The largest absolute Gasteiger partial charge is 0.106 e. The topological polar surface area (TPSA) is 0 Å². The van der Waals surface area contributed by atoms with E-state index in [2.05, 4.69) is 33.9 Å². The Kier molecular flexibility index (Phi) is 5.53. The number of rotatable bonds is 2. The lowest BCUT2D eigenvalue weighted by atomic mass is 9.45. The van der Waals surface area contributed by atoms with Crippen molar-refractivity contribution in [2.24, 2.45) is 40.4 Å². The van der Waals surface area contributed by atoms with E-state index in [9.17, 15) is 0 Å². The van der Waals surface area contributed by atoms with Gasteiger partial charge in [-0.3, -0.25) is 0 Å². The van der Waals surface area contributed by atoms with Gasteiger partial charge in [0.1, 0.15) is 0 Å². The number of hydrogen-bond acceptors (Lipinski definition) is 0. The first-order valence-electron chi connectivity index (χ1n) is 11.1. The maximum atomic E-state index is 3.00. The van der Waals surface area contributed by atoms with Crippen LogP contribution in [0.1, 0.15) is 97.8 Å². The summed E-state index contributed by atoms with van der Waals surface area (Å²) in [5, 5.41) is 0. The molecular weight excluding hydrogens is 288 g/mol. The second-order valence-corrected chi connectivity index (χ2v) is 10.0. The molecule has 4 aliphatic carbocycles. The van der Waals surface area contributed by atoms with Crippen molar-refractivity contribution in [1.82, 2.24) is 0 Å². The van der Waals surface area contributed by atoms with Crippen LogP contribution >= 0.6 is 0 Å². The van der Waals surface area contributed by atoms with Gasteiger partial charge in [0.2, 0.25) is 0 Å². The van der Waals surface area contributed by atoms with Crippen molar-refractivity contribution >= 4 is 0 Å². The SMILES string of the molecule is C=C.CCCC1CCC2C3CCC4CCCCC4(C)C3CCC12C. The van der Waals surface area contributed by atoms with Gasteiger partial charge in [-0.25, -0.2) is 0 Å². The van der Waals surface area contributed by atoms with Crippen LogP contribution < -0.4 is 0 Å². The predicted octanol–water partition coefficient (Wildman–Crippen LogP) is 7.64. The molecule has 24 heavy (non-hydrogen) atoms. The van der Waals surface area contributed by atoms with Crippen LogP contribution in [0.5, 0.6) is 0 Å². The van der Waals surface area contributed by atoms with Crippen molar-refractivity contribution in [2.75, 3.05) is 0 Å². The van der Waals surface area contributed by atoms with E-state index in [0.29, 0.717) is 0 Å². The summed E-state index contributed by atoms with van der Waals surface area (Å²) in [6, 6.07) is 0. The van der Waals surface area contributed by atoms with E-state index in [1.165, 1.54) is 25.7 Å². The highest BCUT2D eigenvalue weighted by Crippen LogP contribution is 2.67. The van der Waals surface area contributed by atoms with Gasteiger partial charge < -0.3 is 0 Å². The van der Waals surface area contributed by atoms with Gasteiger partial charge in [0.05, 0.1) is 0 Å². The molecule has 4 saturated carbocycles. The maximum Gasteiger partial charge on any atom is -0.0266 e. The molecule has 7 unspecified atom stereocenters. The minimum atomic E-state index is 0.717. The third-order valence-electron chi connectivity index (χ3n) is 9.42. The standard InChI is InChI=1S/C22H38.C2H4/c1-4-7-16-10-12-19-18-11-9-17-8-5-6-14-21(17,2)20(18)13-15-22(16,19)3;1-2/h16-20H,4-15H2,1-3H3;1-2H2. The van der Waals surface area contributed by atoms with E-state index in [1.54, 1.807) is 51.4 Å². The molecule has 0 heterocycles. The Morgan fingerprint density at radius 1 is 0.792 bits per heavy atom. The average molecular weight is 331 g/mol. The molecule has 0 saturated heterocycles. The predicted molar refractivity (Wildman–Crippen MR) is 106 cm³/mol. The van der Waals surface area contributed by atoms with Crippen molar-refractivity contribution in [3.05, 3.63) is 13.2 Å². The molecule has 0 heteroatoms. The lowest BCUT2D eigenvalue weighted by Crippen LogP contribution is -2.52. The maximum absolute atomic E-state index is 3.00. The third-order valence-corrected chi connectivity index (χ3v) is 9.42. The molecule has 0 aromatic heterocycles. The summed E-state index contributed by atoms with van der Waals surface area (Å²) in [7, 11) is 0. The molecule has 4 aliphatic rings. The molecule has 0 spiro atoms. The van der Waals surface area contributed by atoms with Crippen molar-refractivity contribution < 1.29 is 0 Å². The van der Waals surface area contributed by atoms with E-state index in [1.807, 2.05) is 0 Å². The average Bonchev–Trinajstić information content (AvgIpc) is 2.93. The molecule has 0 aliphatic heterocycles. The summed E-state index contributed by atoms with van der Waals surface area (Å²) in [6.07, 6.45) is 18.5. The Balaban J connectivity index is 0.000000815. The first kappa shape index (κ1) is 18.5. The van der Waals surface area contributed by atoms with Crippen molar-refractivity contribution in [1.29, 1.82) is 0 Å². The molecule has 0 N–H and O–H groups in total. The number of fused-ring (bicyclic) bond motifs is 5. The van der Waals surface area contributed by atoms with E-state index in [4.69, 9.17) is 0 Å². The van der Waals surface area contributed by atoms with Crippen LogP contribution in [0.4, 0.5) is 0 Å². The molecular formula is C24H42. The molecule has 0 radical (unpaired) electrons. The summed E-state index contributed by atoms with van der Waals surface area (Å²) in [5.74, 6) is 5.41. The summed E-state index contributed by atoms with van der Waals surface area (Å²) >= 11 is 0. The van der Waals surface area contributed by atoms with E-state index >= 15 is 0 Å².